The Hall–Kier alpha value is -2.54. The third-order valence-electron chi connectivity index (χ3n) is 3.01. The van der Waals surface area contributed by atoms with Gasteiger partial charge in [-0.3, -0.25) is 0 Å². The highest BCUT2D eigenvalue weighted by Crippen LogP contribution is 2.07. The lowest BCUT2D eigenvalue weighted by atomic mass is 10.3. The first-order valence-electron chi connectivity index (χ1n) is 7.03. The second kappa shape index (κ2) is 8.04. The van der Waals surface area contributed by atoms with Gasteiger partial charge < -0.3 is 14.6 Å². The summed E-state index contributed by atoms with van der Waals surface area (Å²) in [7, 11) is 1.93. The molecule has 22 heavy (non-hydrogen) atoms. The highest BCUT2D eigenvalue weighted by Gasteiger charge is 2.07. The van der Waals surface area contributed by atoms with Crippen LogP contribution in [0.1, 0.15) is 6.92 Å². The van der Waals surface area contributed by atoms with Crippen molar-refractivity contribution < 1.29 is 5.11 Å². The van der Waals surface area contributed by atoms with Gasteiger partial charge in [-0.05, 0) is 31.2 Å². The van der Waals surface area contributed by atoms with Gasteiger partial charge in [-0.1, -0.05) is 12.1 Å². The molecule has 2 heterocycles. The fraction of sp³-hybridized carbons (Fsp3) is 0.333. The fourth-order valence-electron chi connectivity index (χ4n) is 1.83. The van der Waals surface area contributed by atoms with E-state index in [0.717, 1.165) is 0 Å². The van der Waals surface area contributed by atoms with Gasteiger partial charge in [0.2, 0.25) is 0 Å². The van der Waals surface area contributed by atoms with Crippen LogP contribution < -0.4 is 5.49 Å². The first-order chi connectivity index (χ1) is 10.7. The van der Waals surface area contributed by atoms with E-state index in [4.69, 9.17) is 5.11 Å². The van der Waals surface area contributed by atoms with Crippen LogP contribution in [0.3, 0.4) is 0 Å². The number of rotatable bonds is 4. The molecule has 1 aromatic rings. The Morgan fingerprint density at radius 3 is 2.95 bits per heavy atom. The van der Waals surface area contributed by atoms with Crippen molar-refractivity contribution in [2.75, 3.05) is 13.7 Å². The Kier molecular flexibility index (Phi) is 5.79. The molecule has 0 saturated heterocycles. The molecule has 0 spiro atoms. The normalized spacial score (nSPS) is 19.4. The van der Waals surface area contributed by atoms with Crippen LogP contribution in [0, 0.1) is 0 Å². The van der Waals surface area contributed by atoms with Gasteiger partial charge >= 0.3 is 0 Å². The van der Waals surface area contributed by atoms with E-state index in [-0.39, 0.29) is 12.8 Å². The quantitative estimate of drug-likeness (QED) is 0.396. The topological polar surface area (TPSA) is 77.8 Å². The fourth-order valence-corrected chi connectivity index (χ4v) is 1.83. The number of pyridine rings is 1. The maximum absolute atomic E-state index is 9.03. The van der Waals surface area contributed by atoms with Gasteiger partial charge in [-0.2, -0.15) is 5.11 Å². The van der Waals surface area contributed by atoms with Crippen LogP contribution in [0.4, 0.5) is 0 Å². The second-order valence-corrected chi connectivity index (χ2v) is 4.74. The van der Waals surface area contributed by atoms with Gasteiger partial charge in [0, 0.05) is 26.0 Å². The Labute approximate surface area is 129 Å². The van der Waals surface area contributed by atoms with Crippen molar-refractivity contribution >= 4 is 5.84 Å². The summed E-state index contributed by atoms with van der Waals surface area (Å²) in [5, 5.41) is 25.5. The number of aromatic nitrogens is 1. The maximum atomic E-state index is 9.03. The van der Waals surface area contributed by atoms with E-state index >= 15 is 0 Å². The van der Waals surface area contributed by atoms with E-state index in [9.17, 15) is 0 Å². The van der Waals surface area contributed by atoms with Crippen LogP contribution in [0.15, 0.2) is 69.3 Å². The van der Waals surface area contributed by atoms with Crippen molar-refractivity contribution in [1.29, 1.82) is 0 Å². The van der Waals surface area contributed by atoms with Crippen molar-refractivity contribution in [3.63, 3.8) is 0 Å². The van der Waals surface area contributed by atoms with Crippen LogP contribution >= 0.6 is 0 Å². The molecule has 1 aliphatic heterocycles. The van der Waals surface area contributed by atoms with Crippen LogP contribution in [-0.2, 0) is 6.54 Å². The van der Waals surface area contributed by atoms with Crippen LogP contribution in [-0.4, -0.2) is 40.2 Å². The number of allylic oxidation sites excluding steroid dienone is 2. The highest BCUT2D eigenvalue weighted by atomic mass is 16.3. The lowest BCUT2D eigenvalue weighted by Crippen LogP contribution is -2.24. The molecule has 1 aromatic heterocycles. The molecule has 0 bridgehead atoms. The van der Waals surface area contributed by atoms with Crippen molar-refractivity contribution in [3.05, 3.63) is 54.3 Å². The average Bonchev–Trinajstić information content (AvgIpc) is 2.53. The molecule has 0 fully saturated rings. The largest absolute Gasteiger partial charge is 0.395 e. The van der Waals surface area contributed by atoms with E-state index in [1.165, 1.54) is 0 Å². The smallest absolute Gasteiger partial charge is 0.170 e. The maximum Gasteiger partial charge on any atom is 0.170 e. The summed E-state index contributed by atoms with van der Waals surface area (Å²) in [6.45, 7) is 2.27. The molecule has 0 aliphatic carbocycles. The molecule has 1 atom stereocenters. The predicted octanol–water partition coefficient (Wildman–Crippen LogP) is 1.51. The second-order valence-electron chi connectivity index (χ2n) is 4.74. The van der Waals surface area contributed by atoms with Crippen molar-refractivity contribution in [2.45, 2.75) is 19.6 Å². The summed E-state index contributed by atoms with van der Waals surface area (Å²) in [5.41, 5.74) is 0.656. The summed E-state index contributed by atoms with van der Waals surface area (Å²) in [4.78, 5) is 1.94. The number of hydrogen-bond acceptors (Lipinski definition) is 5. The minimum atomic E-state index is -0.119. The van der Waals surface area contributed by atoms with Crippen molar-refractivity contribution in [1.82, 2.24) is 9.47 Å². The SMILES string of the molecule is CC(/N=N/C1C=CC=CN1C)=N\N=c1/ccccn1CCO. The zero-order valence-electron chi connectivity index (χ0n) is 12.7. The lowest BCUT2D eigenvalue weighted by Gasteiger charge is -2.20. The van der Waals surface area contributed by atoms with Gasteiger partial charge in [0.25, 0.3) is 0 Å². The monoisotopic (exact) mass is 300 g/mol. The number of aliphatic hydroxyl groups is 1. The Balaban J connectivity index is 2.11. The summed E-state index contributed by atoms with van der Waals surface area (Å²) in [5.74, 6) is 0.468. The minimum Gasteiger partial charge on any atom is -0.395 e. The molecule has 116 valence electrons. The van der Waals surface area contributed by atoms with E-state index in [1.807, 2.05) is 65.3 Å². The summed E-state index contributed by atoms with van der Waals surface area (Å²) in [6.07, 6.45) is 9.48. The standard InChI is InChI=1S/C15H20N6O/c1-13(16-18-14-7-3-5-9-20(14)2)17-19-15-8-4-6-10-21(15)11-12-22/h3-10,14,22H,11-12H2,1-2H3/b17-13+,18-16+,19-15+. The van der Waals surface area contributed by atoms with Crippen LogP contribution in [0.25, 0.3) is 0 Å². The molecule has 0 saturated carbocycles. The van der Waals surface area contributed by atoms with E-state index in [1.54, 1.807) is 6.92 Å². The van der Waals surface area contributed by atoms with Gasteiger partial charge in [-0.15, -0.1) is 15.3 Å². The van der Waals surface area contributed by atoms with Crippen molar-refractivity contribution in [2.24, 2.45) is 20.4 Å². The molecule has 2 rings (SSSR count). The zero-order valence-corrected chi connectivity index (χ0v) is 12.7. The summed E-state index contributed by atoms with van der Waals surface area (Å²) in [6, 6.07) is 5.57. The Bertz CT molecular complexity index is 671. The molecule has 0 radical (unpaired) electrons. The van der Waals surface area contributed by atoms with Gasteiger partial charge in [0.05, 0.1) is 6.61 Å². The van der Waals surface area contributed by atoms with Crippen LogP contribution in [0.5, 0.6) is 0 Å². The predicted molar refractivity (Wildman–Crippen MR) is 84.9 cm³/mol. The third kappa shape index (κ3) is 4.49. The van der Waals surface area contributed by atoms with Crippen LogP contribution in [0.2, 0.25) is 0 Å². The number of hydrogen-bond donors (Lipinski definition) is 1. The lowest BCUT2D eigenvalue weighted by molar-refractivity contribution is 0.273. The number of azo groups is 1. The van der Waals surface area contributed by atoms with E-state index < -0.39 is 0 Å². The average molecular weight is 300 g/mol. The Morgan fingerprint density at radius 2 is 2.18 bits per heavy atom. The molecule has 1 N–H and O–H groups in total. The first-order valence-corrected chi connectivity index (χ1v) is 7.03. The molecular weight excluding hydrogens is 280 g/mol. The van der Waals surface area contributed by atoms with E-state index in [0.29, 0.717) is 17.9 Å². The van der Waals surface area contributed by atoms with Gasteiger partial charge in [0.1, 0.15) is 0 Å². The summed E-state index contributed by atoms with van der Waals surface area (Å²) >= 11 is 0. The first kappa shape index (κ1) is 15.8. The molecule has 0 amide bonds. The number of aliphatic hydroxyl groups excluding tert-OH is 1. The molecule has 0 aromatic carbocycles. The zero-order chi connectivity index (χ0) is 15.8. The summed E-state index contributed by atoms with van der Waals surface area (Å²) < 4.78 is 1.82. The van der Waals surface area contributed by atoms with Gasteiger partial charge in [-0.25, -0.2) is 0 Å². The molecule has 7 nitrogen and oxygen atoms in total. The van der Waals surface area contributed by atoms with E-state index in [2.05, 4.69) is 20.4 Å². The molecular formula is C15H20N6O. The number of nitrogens with zero attached hydrogens (tertiary/aromatic N) is 6. The molecule has 1 aliphatic rings. The molecule has 1 unspecified atom stereocenters. The number of likely N-dealkylation sites (N-methyl/N-ethyl adjacent to an activating group) is 1. The molecule has 7 heteroatoms. The highest BCUT2D eigenvalue weighted by molar-refractivity contribution is 5.79. The minimum absolute atomic E-state index is 0.0491. The Morgan fingerprint density at radius 1 is 1.32 bits per heavy atom. The third-order valence-corrected chi connectivity index (χ3v) is 3.01. The number of amidine groups is 1. The van der Waals surface area contributed by atoms with Crippen molar-refractivity contribution in [3.8, 4) is 0 Å². The van der Waals surface area contributed by atoms with Gasteiger partial charge in [0.15, 0.2) is 17.5 Å².